The lowest BCUT2D eigenvalue weighted by Crippen LogP contribution is -2.43. The summed E-state index contributed by atoms with van der Waals surface area (Å²) in [6, 6.07) is 11.2. The average Bonchev–Trinajstić information content (AvgIpc) is 3.60. The van der Waals surface area contributed by atoms with Crippen molar-refractivity contribution in [2.45, 2.75) is 50.0 Å². The number of hydrogen-bond acceptors (Lipinski definition) is 6. The predicted octanol–water partition coefficient (Wildman–Crippen LogP) is 6.78. The van der Waals surface area contributed by atoms with Crippen LogP contribution in [0.2, 0.25) is 5.02 Å². The van der Waals surface area contributed by atoms with Crippen LogP contribution in [0, 0.1) is 17.7 Å². The monoisotopic (exact) mass is 593 g/mol. The third-order valence-corrected chi connectivity index (χ3v) is 10.2. The first kappa shape index (κ1) is 26.5. The minimum Gasteiger partial charge on any atom is -0.461 e. The number of piperidine rings is 1. The minimum atomic E-state index is -0.891. The number of halogens is 4. The van der Waals surface area contributed by atoms with Crippen LogP contribution in [0.4, 0.5) is 19.0 Å². The third-order valence-electron chi connectivity index (χ3n) is 9.92. The Morgan fingerprint density at radius 1 is 1.05 bits per heavy atom. The molecule has 4 aromatic rings. The van der Waals surface area contributed by atoms with E-state index in [1.165, 1.54) is 0 Å². The zero-order chi connectivity index (χ0) is 28.6. The first-order valence-electron chi connectivity index (χ1n) is 14.8. The molecule has 2 aromatic heterocycles. The Kier molecular flexibility index (Phi) is 6.26. The summed E-state index contributed by atoms with van der Waals surface area (Å²) in [6.07, 6.45) is 3.49. The third kappa shape index (κ3) is 4.22. The van der Waals surface area contributed by atoms with E-state index in [-0.39, 0.29) is 35.7 Å². The van der Waals surface area contributed by atoms with Crippen LogP contribution in [-0.4, -0.2) is 70.5 Å². The van der Waals surface area contributed by atoms with E-state index in [2.05, 4.69) is 14.9 Å². The molecule has 2 bridgehead atoms. The first-order valence-corrected chi connectivity index (χ1v) is 15.2. The fraction of sp³-hybridized carbons (Fsp3) is 0.469. The molecule has 1 aliphatic carbocycles. The van der Waals surface area contributed by atoms with Crippen molar-refractivity contribution >= 4 is 39.1 Å². The standard InChI is InChI=1S/C32H31ClF3N5O/c33-24-7-2-5-19-4-1-6-22(26(19)24)28-27(36)29-23(13-37-28)30(40-14-18-10-20(15-40)25(35)11-18)39-31(38-29)42-17-32-8-3-9-41(32)16-21(34)12-32/h1-2,4-7,13,18,20-21,25H,3,8-12,14-17H2/t18?,20?,21-,25?,32+/m1/s1. The van der Waals surface area contributed by atoms with Crippen LogP contribution in [0.25, 0.3) is 32.9 Å². The van der Waals surface area contributed by atoms with Crippen molar-refractivity contribution in [3.05, 3.63) is 53.4 Å². The second kappa shape index (κ2) is 9.95. The number of pyridine rings is 1. The second-order valence-corrected chi connectivity index (χ2v) is 12.9. The molecule has 218 valence electrons. The number of hydrogen-bond donors (Lipinski definition) is 0. The van der Waals surface area contributed by atoms with Gasteiger partial charge in [-0.25, -0.2) is 13.2 Å². The van der Waals surface area contributed by atoms with Crippen molar-refractivity contribution in [3.63, 3.8) is 0 Å². The van der Waals surface area contributed by atoms with E-state index in [0.717, 1.165) is 31.2 Å². The van der Waals surface area contributed by atoms with Gasteiger partial charge in [0.25, 0.3) is 0 Å². The highest BCUT2D eigenvalue weighted by atomic mass is 35.5. The van der Waals surface area contributed by atoms with E-state index in [1.54, 1.807) is 18.3 Å². The van der Waals surface area contributed by atoms with Crippen LogP contribution < -0.4 is 9.64 Å². The van der Waals surface area contributed by atoms with Crippen LogP contribution in [0.3, 0.4) is 0 Å². The number of anilines is 1. The smallest absolute Gasteiger partial charge is 0.319 e. The van der Waals surface area contributed by atoms with Gasteiger partial charge in [-0.1, -0.05) is 41.9 Å². The summed E-state index contributed by atoms with van der Waals surface area (Å²) in [4.78, 5) is 18.1. The minimum absolute atomic E-state index is 0.0442. The number of nitrogens with zero attached hydrogens (tertiary/aromatic N) is 5. The van der Waals surface area contributed by atoms with E-state index in [1.807, 2.05) is 29.2 Å². The zero-order valence-electron chi connectivity index (χ0n) is 23.1. The zero-order valence-corrected chi connectivity index (χ0v) is 23.8. The Balaban J connectivity index is 1.24. The molecule has 0 amide bonds. The van der Waals surface area contributed by atoms with Crippen molar-refractivity contribution in [2.24, 2.45) is 11.8 Å². The Hall–Kier alpha value is -3.17. The summed E-state index contributed by atoms with van der Waals surface area (Å²) < 4.78 is 51.9. The molecule has 8 rings (SSSR count). The maximum atomic E-state index is 16.6. The Labute approximate surface area is 246 Å². The Morgan fingerprint density at radius 3 is 2.76 bits per heavy atom. The highest BCUT2D eigenvalue weighted by molar-refractivity contribution is 6.36. The van der Waals surface area contributed by atoms with Gasteiger partial charge in [-0.05, 0) is 49.6 Å². The van der Waals surface area contributed by atoms with E-state index in [0.29, 0.717) is 59.7 Å². The van der Waals surface area contributed by atoms with Gasteiger partial charge in [0.05, 0.1) is 10.9 Å². The van der Waals surface area contributed by atoms with Crippen molar-refractivity contribution in [2.75, 3.05) is 37.7 Å². The predicted molar refractivity (Wildman–Crippen MR) is 157 cm³/mol. The molecule has 42 heavy (non-hydrogen) atoms. The Bertz CT molecular complexity index is 1700. The molecule has 0 radical (unpaired) electrons. The van der Waals surface area contributed by atoms with Gasteiger partial charge in [-0.3, -0.25) is 9.88 Å². The van der Waals surface area contributed by atoms with Gasteiger partial charge >= 0.3 is 6.01 Å². The quantitative estimate of drug-likeness (QED) is 0.254. The topological polar surface area (TPSA) is 54.4 Å². The highest BCUT2D eigenvalue weighted by Crippen LogP contribution is 2.44. The van der Waals surface area contributed by atoms with Gasteiger partial charge in [-0.15, -0.1) is 0 Å². The summed E-state index contributed by atoms with van der Waals surface area (Å²) in [7, 11) is 0. The molecule has 0 spiro atoms. The fourth-order valence-electron chi connectivity index (χ4n) is 8.02. The number of alkyl halides is 2. The molecule has 4 aliphatic rings. The molecule has 6 nitrogen and oxygen atoms in total. The van der Waals surface area contributed by atoms with E-state index in [4.69, 9.17) is 21.3 Å². The van der Waals surface area contributed by atoms with E-state index in [9.17, 15) is 8.78 Å². The van der Waals surface area contributed by atoms with Crippen molar-refractivity contribution in [3.8, 4) is 17.3 Å². The van der Waals surface area contributed by atoms with Crippen LogP contribution in [0.1, 0.15) is 32.1 Å². The normalized spacial score (nSPS) is 29.1. The van der Waals surface area contributed by atoms with Gasteiger partial charge in [0.15, 0.2) is 5.82 Å². The van der Waals surface area contributed by atoms with Crippen LogP contribution in [0.5, 0.6) is 6.01 Å². The molecule has 2 aromatic carbocycles. The van der Waals surface area contributed by atoms with Crippen LogP contribution in [0.15, 0.2) is 42.6 Å². The molecular formula is C32H31ClF3N5O. The SMILES string of the molecule is Fc1c(-c2cccc3cccc(Cl)c23)ncc2c(N3CC4CC(F)C(C4)C3)nc(OC[C@@]34CCCN3C[C@H](F)C4)nc12. The molecule has 0 N–H and O–H groups in total. The highest BCUT2D eigenvalue weighted by Gasteiger charge is 2.49. The lowest BCUT2D eigenvalue weighted by molar-refractivity contribution is 0.107. The van der Waals surface area contributed by atoms with Gasteiger partial charge in [0, 0.05) is 54.1 Å². The largest absolute Gasteiger partial charge is 0.461 e. The molecule has 3 aliphatic heterocycles. The lowest BCUT2D eigenvalue weighted by atomic mass is 9.95. The maximum absolute atomic E-state index is 16.6. The summed E-state index contributed by atoms with van der Waals surface area (Å²) >= 11 is 6.57. The lowest BCUT2D eigenvalue weighted by Gasteiger charge is -2.34. The van der Waals surface area contributed by atoms with Crippen LogP contribution >= 0.6 is 11.6 Å². The second-order valence-electron chi connectivity index (χ2n) is 12.5. The van der Waals surface area contributed by atoms with Crippen LogP contribution in [-0.2, 0) is 0 Å². The molecule has 3 saturated heterocycles. The summed E-state index contributed by atoms with van der Waals surface area (Å²) in [5, 5.41) is 2.55. The molecule has 4 fully saturated rings. The summed E-state index contributed by atoms with van der Waals surface area (Å²) in [5.74, 6) is 0.0401. The van der Waals surface area contributed by atoms with Gasteiger partial charge < -0.3 is 9.64 Å². The number of ether oxygens (including phenoxy) is 1. The fourth-order valence-corrected chi connectivity index (χ4v) is 8.30. The number of aromatic nitrogens is 3. The maximum Gasteiger partial charge on any atom is 0.319 e. The van der Waals surface area contributed by atoms with Gasteiger partial charge in [0.2, 0.25) is 0 Å². The molecule has 3 unspecified atom stereocenters. The summed E-state index contributed by atoms with van der Waals surface area (Å²) in [6.45, 7) is 2.60. The van der Waals surface area contributed by atoms with Crippen molar-refractivity contribution in [1.29, 1.82) is 0 Å². The molecule has 5 heterocycles. The molecule has 1 saturated carbocycles. The van der Waals surface area contributed by atoms with Gasteiger partial charge in [-0.2, -0.15) is 9.97 Å². The molecular weight excluding hydrogens is 563 g/mol. The molecule has 5 atom stereocenters. The summed E-state index contributed by atoms with van der Waals surface area (Å²) in [5.41, 5.74) is 0.396. The number of rotatable bonds is 5. The average molecular weight is 594 g/mol. The van der Waals surface area contributed by atoms with E-state index >= 15 is 4.39 Å². The number of fused-ring (bicyclic) bond motifs is 5. The van der Waals surface area contributed by atoms with Crippen molar-refractivity contribution < 1.29 is 17.9 Å². The molecule has 10 heteroatoms. The van der Waals surface area contributed by atoms with E-state index < -0.39 is 23.7 Å². The first-order chi connectivity index (χ1) is 20.4. The van der Waals surface area contributed by atoms with Crippen molar-refractivity contribution in [1.82, 2.24) is 19.9 Å². The number of benzene rings is 2. The Morgan fingerprint density at radius 2 is 1.90 bits per heavy atom. The van der Waals surface area contributed by atoms with Gasteiger partial charge in [0.1, 0.15) is 36.0 Å².